The lowest BCUT2D eigenvalue weighted by Crippen LogP contribution is -2.38. The number of rotatable bonds is 3. The quantitative estimate of drug-likeness (QED) is 0.932. The average Bonchev–Trinajstić information content (AvgIpc) is 2.38. The van der Waals surface area contributed by atoms with Gasteiger partial charge < -0.3 is 10.1 Å². The molecule has 0 spiro atoms. The van der Waals surface area contributed by atoms with Crippen LogP contribution in [0, 0.1) is 11.3 Å². The summed E-state index contributed by atoms with van der Waals surface area (Å²) in [6, 6.07) is 7.95. The van der Waals surface area contributed by atoms with E-state index in [2.05, 4.69) is 27.3 Å². The summed E-state index contributed by atoms with van der Waals surface area (Å²) in [7, 11) is 0. The summed E-state index contributed by atoms with van der Waals surface area (Å²) in [6.07, 6.45) is 3.71. The van der Waals surface area contributed by atoms with Gasteiger partial charge in [0.2, 0.25) is 0 Å². The van der Waals surface area contributed by atoms with Crippen LogP contribution in [0.5, 0.6) is 5.75 Å². The SMILES string of the molecule is N#Cc1ccc(OCC2CCCCN2)c(Br)c1. The molecule has 1 N–H and O–H groups in total. The highest BCUT2D eigenvalue weighted by Gasteiger charge is 2.13. The van der Waals surface area contributed by atoms with Gasteiger partial charge >= 0.3 is 0 Å². The zero-order valence-corrected chi connectivity index (χ0v) is 11.2. The van der Waals surface area contributed by atoms with Gasteiger partial charge in [-0.05, 0) is 53.5 Å². The zero-order valence-electron chi connectivity index (χ0n) is 9.58. The fraction of sp³-hybridized carbons (Fsp3) is 0.462. The maximum atomic E-state index is 8.77. The lowest BCUT2D eigenvalue weighted by Gasteiger charge is -2.23. The third-order valence-corrected chi connectivity index (χ3v) is 3.53. The fourth-order valence-corrected chi connectivity index (χ4v) is 2.44. The van der Waals surface area contributed by atoms with E-state index >= 15 is 0 Å². The lowest BCUT2D eigenvalue weighted by atomic mass is 10.1. The minimum Gasteiger partial charge on any atom is -0.491 e. The molecule has 1 unspecified atom stereocenters. The summed E-state index contributed by atoms with van der Waals surface area (Å²) in [6.45, 7) is 1.77. The third kappa shape index (κ3) is 3.45. The molecule has 0 aliphatic carbocycles. The van der Waals surface area contributed by atoms with Crippen LogP contribution in [0.2, 0.25) is 0 Å². The number of ether oxygens (including phenoxy) is 1. The molecule has 1 aliphatic rings. The highest BCUT2D eigenvalue weighted by atomic mass is 79.9. The molecule has 1 heterocycles. The number of hydrogen-bond donors (Lipinski definition) is 1. The molecule has 0 saturated carbocycles. The molecule has 2 rings (SSSR count). The fourth-order valence-electron chi connectivity index (χ4n) is 1.94. The van der Waals surface area contributed by atoms with Crippen molar-refractivity contribution in [1.82, 2.24) is 5.32 Å². The van der Waals surface area contributed by atoms with Crippen molar-refractivity contribution in [3.05, 3.63) is 28.2 Å². The van der Waals surface area contributed by atoms with E-state index in [1.54, 1.807) is 12.1 Å². The van der Waals surface area contributed by atoms with E-state index in [-0.39, 0.29) is 0 Å². The molecule has 1 fully saturated rings. The minimum atomic E-state index is 0.450. The van der Waals surface area contributed by atoms with Gasteiger partial charge in [-0.3, -0.25) is 0 Å². The number of benzene rings is 1. The van der Waals surface area contributed by atoms with Crippen LogP contribution in [0.25, 0.3) is 0 Å². The van der Waals surface area contributed by atoms with Gasteiger partial charge in [-0.25, -0.2) is 0 Å². The Morgan fingerprint density at radius 2 is 2.35 bits per heavy atom. The summed E-state index contributed by atoms with van der Waals surface area (Å²) >= 11 is 3.42. The van der Waals surface area contributed by atoms with E-state index in [1.165, 1.54) is 19.3 Å². The predicted molar refractivity (Wildman–Crippen MR) is 70.0 cm³/mol. The smallest absolute Gasteiger partial charge is 0.133 e. The first kappa shape index (κ1) is 12.4. The number of piperidine rings is 1. The van der Waals surface area contributed by atoms with Crippen molar-refractivity contribution >= 4 is 15.9 Å². The van der Waals surface area contributed by atoms with E-state index in [4.69, 9.17) is 10.00 Å². The van der Waals surface area contributed by atoms with Gasteiger partial charge in [0.05, 0.1) is 16.1 Å². The summed E-state index contributed by atoms with van der Waals surface area (Å²) in [4.78, 5) is 0. The van der Waals surface area contributed by atoms with Crippen LogP contribution in [0.3, 0.4) is 0 Å². The molecule has 4 heteroatoms. The highest BCUT2D eigenvalue weighted by molar-refractivity contribution is 9.10. The lowest BCUT2D eigenvalue weighted by molar-refractivity contribution is 0.238. The van der Waals surface area contributed by atoms with Crippen molar-refractivity contribution in [2.24, 2.45) is 0 Å². The summed E-state index contributed by atoms with van der Waals surface area (Å²) in [5.41, 5.74) is 0.639. The largest absolute Gasteiger partial charge is 0.491 e. The van der Waals surface area contributed by atoms with Gasteiger partial charge in [0.25, 0.3) is 0 Å². The van der Waals surface area contributed by atoms with E-state index in [0.717, 1.165) is 16.8 Å². The monoisotopic (exact) mass is 294 g/mol. The molecule has 3 nitrogen and oxygen atoms in total. The number of nitriles is 1. The summed E-state index contributed by atoms with van der Waals surface area (Å²) < 4.78 is 6.60. The Hall–Kier alpha value is -1.05. The van der Waals surface area contributed by atoms with Gasteiger partial charge in [-0.15, -0.1) is 0 Å². The van der Waals surface area contributed by atoms with Gasteiger partial charge in [0.1, 0.15) is 12.4 Å². The zero-order chi connectivity index (χ0) is 12.1. The molecule has 17 heavy (non-hydrogen) atoms. The van der Waals surface area contributed by atoms with Crippen LogP contribution in [-0.4, -0.2) is 19.2 Å². The molecule has 1 aliphatic heterocycles. The first-order valence-corrected chi connectivity index (χ1v) is 6.65. The molecule has 1 aromatic rings. The molecule has 90 valence electrons. The Kier molecular flexibility index (Phi) is 4.41. The maximum absolute atomic E-state index is 8.77. The summed E-state index contributed by atoms with van der Waals surface area (Å²) in [5, 5.41) is 12.2. The normalized spacial score (nSPS) is 19.6. The second-order valence-electron chi connectivity index (χ2n) is 4.21. The van der Waals surface area contributed by atoms with Crippen molar-refractivity contribution < 1.29 is 4.74 Å². The Morgan fingerprint density at radius 1 is 1.47 bits per heavy atom. The van der Waals surface area contributed by atoms with Gasteiger partial charge in [-0.2, -0.15) is 5.26 Å². The number of halogens is 1. The number of hydrogen-bond acceptors (Lipinski definition) is 3. The molecule has 1 atom stereocenters. The van der Waals surface area contributed by atoms with Crippen molar-refractivity contribution in [1.29, 1.82) is 5.26 Å². The van der Waals surface area contributed by atoms with E-state index in [9.17, 15) is 0 Å². The molecule has 0 radical (unpaired) electrons. The molecule has 0 amide bonds. The van der Waals surface area contributed by atoms with Gasteiger partial charge in [0.15, 0.2) is 0 Å². The molecule has 1 aromatic carbocycles. The van der Waals surface area contributed by atoms with Crippen LogP contribution in [0.15, 0.2) is 22.7 Å². The van der Waals surface area contributed by atoms with E-state index in [1.807, 2.05) is 6.07 Å². The Morgan fingerprint density at radius 3 is 3.00 bits per heavy atom. The van der Waals surface area contributed by atoms with Crippen LogP contribution in [0.1, 0.15) is 24.8 Å². The Balaban J connectivity index is 1.92. The van der Waals surface area contributed by atoms with Crippen molar-refractivity contribution in [2.75, 3.05) is 13.2 Å². The standard InChI is InChI=1S/C13H15BrN2O/c14-12-7-10(8-15)4-5-13(12)17-9-11-3-1-2-6-16-11/h4-5,7,11,16H,1-3,6,9H2. The molecule has 0 aromatic heterocycles. The van der Waals surface area contributed by atoms with Gasteiger partial charge in [-0.1, -0.05) is 6.42 Å². The number of nitrogens with one attached hydrogen (secondary N) is 1. The van der Waals surface area contributed by atoms with Crippen LogP contribution in [-0.2, 0) is 0 Å². The predicted octanol–water partition coefficient (Wildman–Crippen LogP) is 2.84. The minimum absolute atomic E-state index is 0.450. The number of nitrogens with zero attached hydrogens (tertiary/aromatic N) is 1. The van der Waals surface area contributed by atoms with Crippen molar-refractivity contribution in [3.8, 4) is 11.8 Å². The van der Waals surface area contributed by atoms with E-state index in [0.29, 0.717) is 18.2 Å². The second kappa shape index (κ2) is 6.04. The Bertz CT molecular complexity index is 422. The second-order valence-corrected chi connectivity index (χ2v) is 5.07. The van der Waals surface area contributed by atoms with Crippen molar-refractivity contribution in [2.45, 2.75) is 25.3 Å². The highest BCUT2D eigenvalue weighted by Crippen LogP contribution is 2.26. The molecular weight excluding hydrogens is 280 g/mol. The maximum Gasteiger partial charge on any atom is 0.133 e. The first-order valence-electron chi connectivity index (χ1n) is 5.85. The average molecular weight is 295 g/mol. The topological polar surface area (TPSA) is 45.0 Å². The third-order valence-electron chi connectivity index (χ3n) is 2.91. The summed E-state index contributed by atoms with van der Waals surface area (Å²) in [5.74, 6) is 0.802. The first-order chi connectivity index (χ1) is 8.29. The molecular formula is C13H15BrN2O. The van der Waals surface area contributed by atoms with Crippen LogP contribution in [0.4, 0.5) is 0 Å². The van der Waals surface area contributed by atoms with Crippen LogP contribution >= 0.6 is 15.9 Å². The van der Waals surface area contributed by atoms with Crippen molar-refractivity contribution in [3.63, 3.8) is 0 Å². The molecule has 0 bridgehead atoms. The van der Waals surface area contributed by atoms with Crippen LogP contribution < -0.4 is 10.1 Å². The van der Waals surface area contributed by atoms with E-state index < -0.39 is 0 Å². The molecule has 1 saturated heterocycles. The van der Waals surface area contributed by atoms with Gasteiger partial charge in [0, 0.05) is 6.04 Å². The Labute approximate surface area is 110 Å².